The van der Waals surface area contributed by atoms with E-state index in [9.17, 15) is 4.79 Å². The Morgan fingerprint density at radius 2 is 1.96 bits per heavy atom. The van der Waals surface area contributed by atoms with Gasteiger partial charge in [0.05, 0.1) is 11.4 Å². The molecular formula is C18H15ClN2OS. The molecule has 23 heavy (non-hydrogen) atoms. The molecule has 0 bridgehead atoms. The third-order valence-corrected chi connectivity index (χ3v) is 5.48. The number of hydrogen-bond acceptors (Lipinski definition) is 3. The Morgan fingerprint density at radius 3 is 2.74 bits per heavy atom. The maximum absolute atomic E-state index is 12.5. The largest absolute Gasteiger partial charge is 0.271 e. The normalized spacial score (nSPS) is 13.3. The summed E-state index contributed by atoms with van der Waals surface area (Å²) in [7, 11) is 0. The molecule has 2 heterocycles. The van der Waals surface area contributed by atoms with E-state index in [1.54, 1.807) is 18.2 Å². The predicted molar refractivity (Wildman–Crippen MR) is 94.9 cm³/mol. The van der Waals surface area contributed by atoms with E-state index >= 15 is 0 Å². The zero-order chi connectivity index (χ0) is 16.0. The molecule has 0 radical (unpaired) electrons. The van der Waals surface area contributed by atoms with Crippen molar-refractivity contribution in [1.82, 2.24) is 9.78 Å². The van der Waals surface area contributed by atoms with Crippen LogP contribution < -0.4 is 5.56 Å². The van der Waals surface area contributed by atoms with Crippen molar-refractivity contribution in [3.63, 3.8) is 0 Å². The molecule has 0 atom stereocenters. The summed E-state index contributed by atoms with van der Waals surface area (Å²) in [5.41, 5.74) is 3.82. The van der Waals surface area contributed by atoms with Gasteiger partial charge in [0.15, 0.2) is 0 Å². The number of halogens is 1. The van der Waals surface area contributed by atoms with Gasteiger partial charge < -0.3 is 0 Å². The number of hydrogen-bond donors (Lipinski definition) is 0. The summed E-state index contributed by atoms with van der Waals surface area (Å²) in [4.78, 5) is 15.1. The number of nitrogens with zero attached hydrogens (tertiary/aromatic N) is 2. The molecule has 3 nitrogen and oxygen atoms in total. The molecule has 0 saturated carbocycles. The lowest BCUT2D eigenvalue weighted by molar-refractivity contribution is 0.786. The Bertz CT molecular complexity index is 941. The van der Waals surface area contributed by atoms with Crippen molar-refractivity contribution in [3.8, 4) is 16.9 Å². The zero-order valence-electron chi connectivity index (χ0n) is 12.7. The molecule has 0 spiro atoms. The first kappa shape index (κ1) is 14.7. The maximum Gasteiger partial charge on any atom is 0.271 e. The van der Waals surface area contributed by atoms with Crippen LogP contribution in [0.3, 0.4) is 0 Å². The van der Waals surface area contributed by atoms with Gasteiger partial charge in [-0.2, -0.15) is 9.78 Å². The first-order valence-electron chi connectivity index (χ1n) is 7.61. The number of thiophene rings is 1. The summed E-state index contributed by atoms with van der Waals surface area (Å²) in [6.07, 6.45) is 3.02. The maximum atomic E-state index is 12.5. The number of fused-ring (bicyclic) bond motifs is 3. The van der Waals surface area contributed by atoms with E-state index in [2.05, 4.69) is 13.0 Å². The topological polar surface area (TPSA) is 34.9 Å². The third-order valence-electron chi connectivity index (χ3n) is 4.12. The highest BCUT2D eigenvalue weighted by Gasteiger charge is 2.20. The molecule has 116 valence electrons. The third kappa shape index (κ3) is 2.62. The molecule has 0 unspecified atom stereocenters. The van der Waals surface area contributed by atoms with Crippen LogP contribution in [-0.4, -0.2) is 9.78 Å². The van der Waals surface area contributed by atoms with Crippen molar-refractivity contribution in [2.24, 2.45) is 0 Å². The van der Waals surface area contributed by atoms with E-state index in [-0.39, 0.29) is 5.56 Å². The van der Waals surface area contributed by atoms with Crippen LogP contribution in [0.4, 0.5) is 0 Å². The fourth-order valence-electron chi connectivity index (χ4n) is 3.06. The van der Waals surface area contributed by atoms with E-state index in [4.69, 9.17) is 16.7 Å². The fourth-order valence-corrected chi connectivity index (χ4v) is 4.27. The molecule has 0 saturated heterocycles. The molecule has 3 aromatic rings. The van der Waals surface area contributed by atoms with Gasteiger partial charge in [-0.3, -0.25) is 4.79 Å². The van der Waals surface area contributed by atoms with Gasteiger partial charge in [0, 0.05) is 26.4 Å². The molecule has 0 fully saturated rings. The molecule has 2 aromatic heterocycles. The van der Waals surface area contributed by atoms with Crippen LogP contribution in [0.2, 0.25) is 5.02 Å². The molecule has 0 N–H and O–H groups in total. The van der Waals surface area contributed by atoms with Crippen LogP contribution in [0, 0.1) is 6.92 Å². The Morgan fingerprint density at radius 1 is 1.17 bits per heavy atom. The number of aryl methyl sites for hydroxylation is 3. The molecule has 0 amide bonds. The highest BCUT2D eigenvalue weighted by atomic mass is 35.5. The average molecular weight is 343 g/mol. The van der Waals surface area contributed by atoms with Gasteiger partial charge in [-0.15, -0.1) is 11.3 Å². The summed E-state index contributed by atoms with van der Waals surface area (Å²) >= 11 is 7.77. The summed E-state index contributed by atoms with van der Waals surface area (Å²) in [6, 6.07) is 11.1. The minimum absolute atomic E-state index is 0.0959. The summed E-state index contributed by atoms with van der Waals surface area (Å²) in [5.74, 6) is 0. The Balaban J connectivity index is 1.94. The fraction of sp³-hybridized carbons (Fsp3) is 0.222. The second kappa shape index (κ2) is 5.62. The van der Waals surface area contributed by atoms with Gasteiger partial charge in [0.1, 0.15) is 0 Å². The number of benzene rings is 1. The molecule has 0 aliphatic heterocycles. The van der Waals surface area contributed by atoms with Gasteiger partial charge in [0.25, 0.3) is 5.56 Å². The zero-order valence-corrected chi connectivity index (χ0v) is 14.2. The van der Waals surface area contributed by atoms with E-state index in [0.717, 1.165) is 36.2 Å². The Kier molecular flexibility index (Phi) is 3.58. The van der Waals surface area contributed by atoms with Crippen LogP contribution in [0.15, 0.2) is 41.2 Å². The highest BCUT2D eigenvalue weighted by molar-refractivity contribution is 7.12. The minimum Gasteiger partial charge on any atom is -0.267 e. The lowest BCUT2D eigenvalue weighted by Crippen LogP contribution is -2.22. The Labute approximate surface area is 143 Å². The second-order valence-corrected chi connectivity index (χ2v) is 7.57. The van der Waals surface area contributed by atoms with Crippen molar-refractivity contribution in [2.45, 2.75) is 26.2 Å². The summed E-state index contributed by atoms with van der Waals surface area (Å²) < 4.78 is 1.47. The van der Waals surface area contributed by atoms with Crippen LogP contribution in [0.25, 0.3) is 16.9 Å². The molecule has 5 heteroatoms. The van der Waals surface area contributed by atoms with Crippen LogP contribution in [0.5, 0.6) is 0 Å². The predicted octanol–water partition coefficient (Wildman–Crippen LogP) is 4.41. The van der Waals surface area contributed by atoms with E-state index in [0.29, 0.717) is 5.02 Å². The molecule has 1 aromatic carbocycles. The van der Waals surface area contributed by atoms with Crippen molar-refractivity contribution >= 4 is 22.9 Å². The van der Waals surface area contributed by atoms with Gasteiger partial charge in [-0.25, -0.2) is 0 Å². The molecule has 1 aliphatic carbocycles. The van der Waals surface area contributed by atoms with Gasteiger partial charge in [-0.05, 0) is 62.1 Å². The van der Waals surface area contributed by atoms with Gasteiger partial charge in [-0.1, -0.05) is 11.6 Å². The van der Waals surface area contributed by atoms with Crippen molar-refractivity contribution in [2.75, 3.05) is 0 Å². The standard InChI is InChI=1S/C18H15ClN2OS/c1-11-9-15-16(23-11)4-2-3-12-10-17(22)21(20-18(12)15)14-7-5-13(19)6-8-14/h5-10H,2-4H2,1H3. The second-order valence-electron chi connectivity index (χ2n) is 5.79. The molecular weight excluding hydrogens is 328 g/mol. The van der Waals surface area contributed by atoms with E-state index in [1.807, 2.05) is 23.5 Å². The van der Waals surface area contributed by atoms with E-state index in [1.165, 1.54) is 20.0 Å². The SMILES string of the molecule is Cc1cc2c(s1)CCCc1cc(=O)n(-c3ccc(Cl)cc3)nc1-2. The van der Waals surface area contributed by atoms with Crippen LogP contribution in [-0.2, 0) is 12.8 Å². The lowest BCUT2D eigenvalue weighted by Gasteiger charge is -2.10. The quantitative estimate of drug-likeness (QED) is 0.656. The first-order chi connectivity index (χ1) is 11.1. The minimum atomic E-state index is -0.0959. The molecule has 1 aliphatic rings. The van der Waals surface area contributed by atoms with Crippen molar-refractivity contribution in [3.05, 3.63) is 67.1 Å². The summed E-state index contributed by atoms with van der Waals surface area (Å²) in [5, 5.41) is 5.34. The highest BCUT2D eigenvalue weighted by Crippen LogP contribution is 2.35. The van der Waals surface area contributed by atoms with Crippen LogP contribution in [0.1, 0.15) is 21.7 Å². The molecule has 4 rings (SSSR count). The monoisotopic (exact) mass is 342 g/mol. The number of aromatic nitrogens is 2. The van der Waals surface area contributed by atoms with E-state index < -0.39 is 0 Å². The first-order valence-corrected chi connectivity index (χ1v) is 8.80. The van der Waals surface area contributed by atoms with Gasteiger partial charge >= 0.3 is 0 Å². The van der Waals surface area contributed by atoms with Crippen LogP contribution >= 0.6 is 22.9 Å². The van der Waals surface area contributed by atoms with Gasteiger partial charge in [0.2, 0.25) is 0 Å². The summed E-state index contributed by atoms with van der Waals surface area (Å²) in [6.45, 7) is 2.12. The lowest BCUT2D eigenvalue weighted by atomic mass is 10.1. The Hall–Kier alpha value is -1.91. The number of rotatable bonds is 1. The smallest absolute Gasteiger partial charge is 0.267 e. The average Bonchev–Trinajstić information content (AvgIpc) is 2.81. The van der Waals surface area contributed by atoms with Crippen molar-refractivity contribution < 1.29 is 0 Å². The van der Waals surface area contributed by atoms with Crippen molar-refractivity contribution in [1.29, 1.82) is 0 Å².